The molecule has 1 aliphatic carbocycles. The number of carbonyl (C=O) groups is 2. The molecule has 0 bridgehead atoms. The highest BCUT2D eigenvalue weighted by Gasteiger charge is 2.65. The van der Waals surface area contributed by atoms with Gasteiger partial charge in [-0.1, -0.05) is 6.92 Å². The smallest absolute Gasteiger partial charge is 0.312 e. The lowest BCUT2D eigenvalue weighted by atomic mass is 9.66. The van der Waals surface area contributed by atoms with Gasteiger partial charge in [-0.25, -0.2) is 0 Å². The summed E-state index contributed by atoms with van der Waals surface area (Å²) < 4.78 is 5.00. The predicted molar refractivity (Wildman–Crippen MR) is 47.5 cm³/mol. The summed E-state index contributed by atoms with van der Waals surface area (Å²) >= 11 is 0. The Kier molecular flexibility index (Phi) is 1.69. The molecular formula is C10H14O4. The van der Waals surface area contributed by atoms with E-state index >= 15 is 0 Å². The number of hydrogen-bond acceptors (Lipinski definition) is 3. The molecule has 0 aromatic carbocycles. The molecule has 1 heterocycles. The number of cyclic esters (lactones) is 1. The van der Waals surface area contributed by atoms with Crippen molar-refractivity contribution in [1.29, 1.82) is 0 Å². The lowest BCUT2D eigenvalue weighted by Crippen LogP contribution is -2.40. The molecule has 3 atom stereocenters. The largest absolute Gasteiger partial charge is 0.481 e. The highest BCUT2D eigenvalue weighted by atomic mass is 16.5. The molecule has 0 aromatic rings. The summed E-state index contributed by atoms with van der Waals surface area (Å²) in [5, 5.41) is 9.06. The van der Waals surface area contributed by atoms with E-state index in [-0.39, 0.29) is 12.6 Å². The molecule has 1 saturated carbocycles. The fraction of sp³-hybridized carbons (Fsp3) is 0.800. The van der Waals surface area contributed by atoms with Gasteiger partial charge in [-0.05, 0) is 19.8 Å². The van der Waals surface area contributed by atoms with Gasteiger partial charge in [0.05, 0.1) is 17.9 Å². The summed E-state index contributed by atoms with van der Waals surface area (Å²) in [4.78, 5) is 22.6. The summed E-state index contributed by atoms with van der Waals surface area (Å²) in [6.45, 7) is 3.92. The van der Waals surface area contributed by atoms with E-state index in [2.05, 4.69) is 0 Å². The minimum Gasteiger partial charge on any atom is -0.481 e. The zero-order valence-electron chi connectivity index (χ0n) is 8.37. The van der Waals surface area contributed by atoms with Gasteiger partial charge in [0.1, 0.15) is 0 Å². The number of hydrogen-bond donors (Lipinski definition) is 1. The second-order valence-corrected chi connectivity index (χ2v) is 4.76. The van der Waals surface area contributed by atoms with Crippen LogP contribution in [0.5, 0.6) is 0 Å². The molecule has 0 aromatic heterocycles. The maximum atomic E-state index is 11.5. The van der Waals surface area contributed by atoms with E-state index in [1.807, 2.05) is 13.8 Å². The molecule has 2 aliphatic rings. The number of fused-ring (bicyclic) bond motifs is 1. The van der Waals surface area contributed by atoms with Crippen LogP contribution in [0.2, 0.25) is 0 Å². The van der Waals surface area contributed by atoms with Crippen molar-refractivity contribution in [3.05, 3.63) is 0 Å². The van der Waals surface area contributed by atoms with E-state index in [1.54, 1.807) is 0 Å². The molecular weight excluding hydrogens is 184 g/mol. The Morgan fingerprint density at radius 2 is 2.21 bits per heavy atom. The average Bonchev–Trinajstić information content (AvgIpc) is 2.47. The molecule has 1 aliphatic heterocycles. The number of carbonyl (C=O) groups excluding carboxylic acids is 1. The minimum absolute atomic E-state index is 0.233. The SMILES string of the molecule is C[C@@]12CC[C@@H](C(=O)O)[C@]1(C)COC2=O. The van der Waals surface area contributed by atoms with E-state index in [1.165, 1.54) is 0 Å². The highest BCUT2D eigenvalue weighted by Crippen LogP contribution is 2.60. The molecule has 78 valence electrons. The van der Waals surface area contributed by atoms with Crippen LogP contribution in [0.3, 0.4) is 0 Å². The highest BCUT2D eigenvalue weighted by molar-refractivity contribution is 5.83. The van der Waals surface area contributed by atoms with Gasteiger partial charge in [0, 0.05) is 5.41 Å². The van der Waals surface area contributed by atoms with Crippen molar-refractivity contribution in [2.45, 2.75) is 26.7 Å². The quantitative estimate of drug-likeness (QED) is 0.639. The Balaban J connectivity index is 2.42. The van der Waals surface area contributed by atoms with Gasteiger partial charge in [-0.2, -0.15) is 0 Å². The van der Waals surface area contributed by atoms with Crippen LogP contribution in [0.25, 0.3) is 0 Å². The summed E-state index contributed by atoms with van der Waals surface area (Å²) in [5.41, 5.74) is -1.11. The molecule has 1 saturated heterocycles. The molecule has 14 heavy (non-hydrogen) atoms. The Morgan fingerprint density at radius 1 is 1.57 bits per heavy atom. The second kappa shape index (κ2) is 2.49. The first kappa shape index (κ1) is 9.49. The summed E-state index contributed by atoms with van der Waals surface area (Å²) in [6.07, 6.45) is 1.21. The third-order valence-electron chi connectivity index (χ3n) is 4.21. The van der Waals surface area contributed by atoms with Crippen LogP contribution in [0, 0.1) is 16.7 Å². The van der Waals surface area contributed by atoms with Crippen LogP contribution in [0.15, 0.2) is 0 Å². The Morgan fingerprint density at radius 3 is 2.79 bits per heavy atom. The van der Waals surface area contributed by atoms with Gasteiger partial charge >= 0.3 is 11.9 Å². The summed E-state index contributed by atoms with van der Waals surface area (Å²) in [5.74, 6) is -1.49. The minimum atomic E-state index is -0.811. The van der Waals surface area contributed by atoms with Crippen LogP contribution in [0.1, 0.15) is 26.7 Å². The zero-order valence-corrected chi connectivity index (χ0v) is 8.37. The number of rotatable bonds is 1. The molecule has 0 amide bonds. The number of esters is 1. The van der Waals surface area contributed by atoms with Gasteiger partial charge in [0.25, 0.3) is 0 Å². The number of carboxylic acids is 1. The Labute approximate surface area is 82.2 Å². The van der Waals surface area contributed by atoms with Crippen molar-refractivity contribution in [1.82, 2.24) is 0 Å². The topological polar surface area (TPSA) is 63.6 Å². The third kappa shape index (κ3) is 0.837. The van der Waals surface area contributed by atoms with Gasteiger partial charge < -0.3 is 9.84 Å². The van der Waals surface area contributed by atoms with Gasteiger partial charge in [-0.15, -0.1) is 0 Å². The van der Waals surface area contributed by atoms with Crippen LogP contribution in [-0.4, -0.2) is 23.7 Å². The van der Waals surface area contributed by atoms with Crippen LogP contribution >= 0.6 is 0 Å². The van der Waals surface area contributed by atoms with Crippen molar-refractivity contribution in [2.24, 2.45) is 16.7 Å². The van der Waals surface area contributed by atoms with Gasteiger partial charge in [0.15, 0.2) is 0 Å². The monoisotopic (exact) mass is 198 g/mol. The van der Waals surface area contributed by atoms with E-state index in [9.17, 15) is 9.59 Å². The molecule has 0 radical (unpaired) electrons. The maximum absolute atomic E-state index is 11.5. The standard InChI is InChI=1S/C10H14O4/c1-9-4-3-6(7(11)12)10(9,2)5-14-8(9)13/h6H,3-5H2,1-2H3,(H,11,12)/t6-,9-,10-/m0/s1. The lowest BCUT2D eigenvalue weighted by molar-refractivity contribution is -0.146. The van der Waals surface area contributed by atoms with Crippen LogP contribution in [0.4, 0.5) is 0 Å². The lowest BCUT2D eigenvalue weighted by Gasteiger charge is -2.31. The Hall–Kier alpha value is -1.06. The van der Waals surface area contributed by atoms with Gasteiger partial charge in [-0.3, -0.25) is 9.59 Å². The van der Waals surface area contributed by atoms with Crippen molar-refractivity contribution in [2.75, 3.05) is 6.61 Å². The molecule has 0 spiro atoms. The maximum Gasteiger partial charge on any atom is 0.312 e. The first-order chi connectivity index (χ1) is 6.42. The zero-order chi connectivity index (χ0) is 10.6. The van der Waals surface area contributed by atoms with E-state index < -0.39 is 22.7 Å². The molecule has 1 N–H and O–H groups in total. The summed E-state index contributed by atoms with van der Waals surface area (Å²) in [6, 6.07) is 0. The first-order valence-electron chi connectivity index (χ1n) is 4.82. The first-order valence-corrected chi connectivity index (χ1v) is 4.82. The molecule has 2 rings (SSSR count). The van der Waals surface area contributed by atoms with E-state index in [0.29, 0.717) is 12.8 Å². The fourth-order valence-electron chi connectivity index (χ4n) is 2.79. The number of aliphatic carboxylic acids is 1. The van der Waals surface area contributed by atoms with Crippen molar-refractivity contribution in [3.63, 3.8) is 0 Å². The molecule has 4 heteroatoms. The van der Waals surface area contributed by atoms with E-state index in [4.69, 9.17) is 9.84 Å². The van der Waals surface area contributed by atoms with Crippen LogP contribution < -0.4 is 0 Å². The normalized spacial score (nSPS) is 46.1. The van der Waals surface area contributed by atoms with Crippen molar-refractivity contribution in [3.8, 4) is 0 Å². The summed E-state index contributed by atoms with van der Waals surface area (Å²) in [7, 11) is 0. The molecule has 4 nitrogen and oxygen atoms in total. The van der Waals surface area contributed by atoms with Crippen molar-refractivity contribution >= 4 is 11.9 Å². The Bertz CT molecular complexity index is 311. The fourth-order valence-corrected chi connectivity index (χ4v) is 2.79. The van der Waals surface area contributed by atoms with E-state index in [0.717, 1.165) is 0 Å². The van der Waals surface area contributed by atoms with Crippen LogP contribution in [-0.2, 0) is 14.3 Å². The number of ether oxygens (including phenoxy) is 1. The number of carboxylic acid groups (broad SMARTS) is 1. The second-order valence-electron chi connectivity index (χ2n) is 4.76. The van der Waals surface area contributed by atoms with Gasteiger partial charge in [0.2, 0.25) is 0 Å². The third-order valence-corrected chi connectivity index (χ3v) is 4.21. The molecule has 0 unspecified atom stereocenters. The average molecular weight is 198 g/mol. The van der Waals surface area contributed by atoms with Crippen molar-refractivity contribution < 1.29 is 19.4 Å². The molecule has 2 fully saturated rings. The predicted octanol–water partition coefficient (Wildman–Crippen LogP) is 1.05.